The molecule has 2 rings (SSSR count). The van der Waals surface area contributed by atoms with Crippen LogP contribution in [0.15, 0.2) is 12.3 Å². The van der Waals surface area contributed by atoms with Crippen LogP contribution in [0.25, 0.3) is 0 Å². The highest BCUT2D eigenvalue weighted by molar-refractivity contribution is 5.70. The van der Waals surface area contributed by atoms with E-state index >= 15 is 0 Å². The lowest BCUT2D eigenvalue weighted by molar-refractivity contribution is -0.145. The summed E-state index contributed by atoms with van der Waals surface area (Å²) in [4.78, 5) is 13.0. The molecule has 0 aliphatic carbocycles. The summed E-state index contributed by atoms with van der Waals surface area (Å²) < 4.78 is 1.78. The molecule has 1 aromatic heterocycles. The molecule has 0 saturated carbocycles. The van der Waals surface area contributed by atoms with Crippen molar-refractivity contribution in [3.8, 4) is 0 Å². The normalized spacial score (nSPS) is 19.4. The first-order valence-corrected chi connectivity index (χ1v) is 5.50. The molecular weight excluding hydrogens is 206 g/mol. The average Bonchev–Trinajstić information content (AvgIpc) is 2.56. The van der Waals surface area contributed by atoms with E-state index < -0.39 is 5.97 Å². The van der Waals surface area contributed by atoms with Gasteiger partial charge in [0.25, 0.3) is 0 Å². The summed E-state index contributed by atoms with van der Waals surface area (Å²) in [5.74, 6) is -0.635. The second kappa shape index (κ2) is 4.25. The minimum atomic E-state index is -0.692. The van der Waals surface area contributed by atoms with Gasteiger partial charge in [0.05, 0.1) is 11.6 Å². The fraction of sp³-hybridized carbons (Fsp3) is 0.636. The summed E-state index contributed by atoms with van der Waals surface area (Å²) in [6.45, 7) is 4.34. The molecule has 0 bridgehead atoms. The Morgan fingerprint density at radius 3 is 2.88 bits per heavy atom. The third-order valence-electron chi connectivity index (χ3n) is 3.24. The smallest absolute Gasteiger partial charge is 0.306 e. The highest BCUT2D eigenvalue weighted by Gasteiger charge is 2.34. The Labute approximate surface area is 94.7 Å². The molecule has 5 nitrogen and oxygen atoms in total. The Bertz CT molecular complexity index is 382. The van der Waals surface area contributed by atoms with E-state index in [0.717, 1.165) is 25.3 Å². The van der Waals surface area contributed by atoms with Gasteiger partial charge in [-0.15, -0.1) is 0 Å². The van der Waals surface area contributed by atoms with Crippen molar-refractivity contribution in [3.63, 3.8) is 0 Å². The van der Waals surface area contributed by atoms with Crippen molar-refractivity contribution in [2.45, 2.75) is 13.5 Å². The molecule has 1 fully saturated rings. The summed E-state index contributed by atoms with van der Waals surface area (Å²) in [6, 6.07) is 1.99. The largest absolute Gasteiger partial charge is 0.481 e. The number of rotatable bonds is 4. The molecule has 16 heavy (non-hydrogen) atoms. The molecule has 0 radical (unpaired) electrons. The summed E-state index contributed by atoms with van der Waals surface area (Å²) in [6.07, 6.45) is 1.92. The van der Waals surface area contributed by atoms with Crippen LogP contribution in [0.5, 0.6) is 0 Å². The quantitative estimate of drug-likeness (QED) is 0.811. The minimum absolute atomic E-state index is 0.236. The van der Waals surface area contributed by atoms with E-state index in [1.165, 1.54) is 0 Å². The van der Waals surface area contributed by atoms with Gasteiger partial charge in [0.15, 0.2) is 0 Å². The van der Waals surface area contributed by atoms with Crippen LogP contribution < -0.4 is 0 Å². The molecule has 0 amide bonds. The molecule has 2 heterocycles. The van der Waals surface area contributed by atoms with E-state index in [9.17, 15) is 4.79 Å². The number of nitrogens with zero attached hydrogens (tertiary/aromatic N) is 3. The first kappa shape index (κ1) is 11.1. The van der Waals surface area contributed by atoms with Crippen LogP contribution in [0.4, 0.5) is 0 Å². The summed E-state index contributed by atoms with van der Waals surface area (Å²) in [5, 5.41) is 13.2. The van der Waals surface area contributed by atoms with E-state index in [1.54, 1.807) is 11.6 Å². The van der Waals surface area contributed by atoms with Crippen molar-refractivity contribution in [3.05, 3.63) is 18.0 Å². The molecule has 1 N–H and O–H groups in total. The fourth-order valence-electron chi connectivity index (χ4n) is 2.03. The number of aryl methyl sites for hydroxylation is 1. The van der Waals surface area contributed by atoms with Crippen LogP contribution in [0, 0.1) is 11.8 Å². The lowest BCUT2D eigenvalue weighted by Gasteiger charge is -2.40. The van der Waals surface area contributed by atoms with Gasteiger partial charge in [-0.05, 0) is 12.0 Å². The molecule has 88 valence electrons. The predicted molar refractivity (Wildman–Crippen MR) is 58.8 cm³/mol. The maximum atomic E-state index is 10.8. The van der Waals surface area contributed by atoms with Crippen LogP contribution in [-0.4, -0.2) is 38.8 Å². The van der Waals surface area contributed by atoms with E-state index in [1.807, 2.05) is 19.3 Å². The second-order valence-corrected chi connectivity index (χ2v) is 4.56. The lowest BCUT2D eigenvalue weighted by Crippen LogP contribution is -2.50. The van der Waals surface area contributed by atoms with Gasteiger partial charge in [0.1, 0.15) is 0 Å². The fourth-order valence-corrected chi connectivity index (χ4v) is 2.03. The number of hydrogen-bond donors (Lipinski definition) is 1. The van der Waals surface area contributed by atoms with Crippen LogP contribution in [0.1, 0.15) is 12.6 Å². The van der Waals surface area contributed by atoms with Gasteiger partial charge in [-0.1, -0.05) is 6.92 Å². The van der Waals surface area contributed by atoms with Gasteiger partial charge in [-0.3, -0.25) is 14.4 Å². The molecule has 1 aliphatic rings. The van der Waals surface area contributed by atoms with Gasteiger partial charge in [0, 0.05) is 32.9 Å². The topological polar surface area (TPSA) is 58.4 Å². The Morgan fingerprint density at radius 2 is 2.38 bits per heavy atom. The Morgan fingerprint density at radius 1 is 1.69 bits per heavy atom. The zero-order valence-corrected chi connectivity index (χ0v) is 9.63. The molecule has 1 atom stereocenters. The van der Waals surface area contributed by atoms with Crippen molar-refractivity contribution in [1.29, 1.82) is 0 Å². The SMILES string of the molecule is CC(C(=O)O)C1CN(Cc2ccn(C)n2)C1. The van der Waals surface area contributed by atoms with E-state index in [0.29, 0.717) is 5.92 Å². The van der Waals surface area contributed by atoms with Crippen molar-refractivity contribution in [2.24, 2.45) is 18.9 Å². The van der Waals surface area contributed by atoms with Gasteiger partial charge in [-0.2, -0.15) is 5.10 Å². The number of carboxylic acids is 1. The van der Waals surface area contributed by atoms with Crippen molar-refractivity contribution in [1.82, 2.24) is 14.7 Å². The number of carboxylic acid groups (broad SMARTS) is 1. The zero-order valence-electron chi connectivity index (χ0n) is 9.63. The Balaban J connectivity index is 1.79. The maximum absolute atomic E-state index is 10.8. The minimum Gasteiger partial charge on any atom is -0.481 e. The molecular formula is C11H17N3O2. The Hall–Kier alpha value is -1.36. The van der Waals surface area contributed by atoms with Crippen LogP contribution in [0.3, 0.4) is 0 Å². The summed E-state index contributed by atoms with van der Waals surface area (Å²) in [7, 11) is 1.90. The molecule has 0 aromatic carbocycles. The third-order valence-corrected chi connectivity index (χ3v) is 3.24. The number of likely N-dealkylation sites (tertiary alicyclic amines) is 1. The lowest BCUT2D eigenvalue weighted by atomic mass is 9.87. The summed E-state index contributed by atoms with van der Waals surface area (Å²) in [5.41, 5.74) is 1.05. The Kier molecular flexibility index (Phi) is 2.96. The standard InChI is InChI=1S/C11H17N3O2/c1-8(11(15)16)9-5-14(6-9)7-10-3-4-13(2)12-10/h3-4,8-9H,5-7H2,1-2H3,(H,15,16). The van der Waals surface area contributed by atoms with Crippen molar-refractivity contribution in [2.75, 3.05) is 13.1 Å². The predicted octanol–water partition coefficient (Wildman–Crippen LogP) is 0.573. The maximum Gasteiger partial charge on any atom is 0.306 e. The van der Waals surface area contributed by atoms with Crippen molar-refractivity contribution >= 4 is 5.97 Å². The molecule has 1 aromatic rings. The molecule has 1 saturated heterocycles. The summed E-state index contributed by atoms with van der Waals surface area (Å²) >= 11 is 0. The molecule has 0 spiro atoms. The van der Waals surface area contributed by atoms with Crippen molar-refractivity contribution < 1.29 is 9.90 Å². The van der Waals surface area contributed by atoms with Gasteiger partial charge >= 0.3 is 5.97 Å². The number of hydrogen-bond acceptors (Lipinski definition) is 3. The second-order valence-electron chi connectivity index (χ2n) is 4.56. The van der Waals surface area contributed by atoms with Crippen LogP contribution in [-0.2, 0) is 18.4 Å². The van der Waals surface area contributed by atoms with Gasteiger partial charge in [-0.25, -0.2) is 0 Å². The van der Waals surface area contributed by atoms with E-state index in [2.05, 4.69) is 10.00 Å². The van der Waals surface area contributed by atoms with Gasteiger partial charge in [0.2, 0.25) is 0 Å². The molecule has 5 heteroatoms. The first-order valence-electron chi connectivity index (χ1n) is 5.50. The van der Waals surface area contributed by atoms with Crippen LogP contribution >= 0.6 is 0 Å². The highest BCUT2D eigenvalue weighted by atomic mass is 16.4. The molecule has 1 unspecified atom stereocenters. The molecule has 1 aliphatic heterocycles. The number of carbonyl (C=O) groups is 1. The number of aliphatic carboxylic acids is 1. The monoisotopic (exact) mass is 223 g/mol. The average molecular weight is 223 g/mol. The number of aromatic nitrogens is 2. The zero-order chi connectivity index (χ0) is 11.7. The van der Waals surface area contributed by atoms with E-state index in [-0.39, 0.29) is 5.92 Å². The van der Waals surface area contributed by atoms with Gasteiger partial charge < -0.3 is 5.11 Å². The van der Waals surface area contributed by atoms with E-state index in [4.69, 9.17) is 5.11 Å². The highest BCUT2D eigenvalue weighted by Crippen LogP contribution is 2.25. The van der Waals surface area contributed by atoms with Crippen LogP contribution in [0.2, 0.25) is 0 Å². The first-order chi connectivity index (χ1) is 7.56. The third kappa shape index (κ3) is 2.24.